The molecule has 2 N–H and O–H groups in total. The number of hydrogen-bond acceptors (Lipinski definition) is 3. The molecule has 1 aliphatic heterocycles. The number of carboxylic acid groups (broad SMARTS) is 1. The number of carbonyl (C=O) groups is 2. The van der Waals surface area contributed by atoms with Crippen LogP contribution >= 0.6 is 0 Å². The van der Waals surface area contributed by atoms with Crippen molar-refractivity contribution in [1.82, 2.24) is 4.90 Å². The molecule has 6 heteroatoms. The second-order valence-electron chi connectivity index (χ2n) is 6.75. The Morgan fingerprint density at radius 2 is 2.04 bits per heavy atom. The summed E-state index contributed by atoms with van der Waals surface area (Å²) in [5, 5.41) is 12.0. The lowest BCUT2D eigenvalue weighted by Crippen LogP contribution is -2.37. The summed E-state index contributed by atoms with van der Waals surface area (Å²) >= 11 is 0. The van der Waals surface area contributed by atoms with E-state index >= 15 is 0 Å². The van der Waals surface area contributed by atoms with Crippen molar-refractivity contribution in [3.05, 3.63) is 24.3 Å². The molecular formula is C17H22N2O4. The van der Waals surface area contributed by atoms with Crippen LogP contribution in [0, 0.1) is 11.3 Å². The summed E-state index contributed by atoms with van der Waals surface area (Å²) in [5.41, 5.74) is -0.171. The number of nitrogens with one attached hydrogen (secondary N) is 1. The van der Waals surface area contributed by atoms with Crippen LogP contribution in [0.15, 0.2) is 24.3 Å². The van der Waals surface area contributed by atoms with Crippen LogP contribution < -0.4 is 10.1 Å². The Hall–Kier alpha value is -2.24. The average molecular weight is 318 g/mol. The molecule has 2 aliphatic rings. The van der Waals surface area contributed by atoms with Gasteiger partial charge in [0.05, 0.1) is 12.0 Å². The van der Waals surface area contributed by atoms with E-state index in [0.717, 1.165) is 12.4 Å². The number of amides is 2. The summed E-state index contributed by atoms with van der Waals surface area (Å²) in [4.78, 5) is 25.0. The molecule has 1 aromatic rings. The second-order valence-corrected chi connectivity index (χ2v) is 6.75. The number of ether oxygens (including phenoxy) is 1. The third-order valence-electron chi connectivity index (χ3n) is 4.57. The van der Waals surface area contributed by atoms with Gasteiger partial charge >= 0.3 is 12.0 Å². The number of urea groups is 1. The van der Waals surface area contributed by atoms with Crippen molar-refractivity contribution in [2.24, 2.45) is 11.3 Å². The minimum Gasteiger partial charge on any atom is -0.493 e. The standard InChI is InChI=1S/C17H22N2O4/c1-17(15(20)21)8-9-19(11-17)16(22)18-13-4-6-14(7-5-13)23-10-12-2-3-12/h4-7,12H,2-3,8-11H2,1H3,(H,18,22)(H,20,21). The number of likely N-dealkylation sites (tertiary alicyclic amines) is 1. The van der Waals surface area contributed by atoms with E-state index in [4.69, 9.17) is 4.74 Å². The third-order valence-corrected chi connectivity index (χ3v) is 4.57. The molecule has 2 amide bonds. The second kappa shape index (κ2) is 6.10. The molecule has 1 unspecified atom stereocenters. The van der Waals surface area contributed by atoms with Gasteiger partial charge in [-0.1, -0.05) is 0 Å². The van der Waals surface area contributed by atoms with Crippen molar-refractivity contribution in [3.63, 3.8) is 0 Å². The van der Waals surface area contributed by atoms with Crippen molar-refractivity contribution in [3.8, 4) is 5.75 Å². The first-order valence-electron chi connectivity index (χ1n) is 7.98. The summed E-state index contributed by atoms with van der Waals surface area (Å²) in [5.74, 6) is 0.646. The molecule has 1 saturated heterocycles. The molecule has 23 heavy (non-hydrogen) atoms. The van der Waals surface area contributed by atoms with Crippen LogP contribution in [0.1, 0.15) is 26.2 Å². The molecule has 3 rings (SSSR count). The van der Waals surface area contributed by atoms with E-state index in [0.29, 0.717) is 24.6 Å². The largest absolute Gasteiger partial charge is 0.493 e. The number of carboxylic acids is 1. The maximum Gasteiger partial charge on any atom is 0.321 e. The quantitative estimate of drug-likeness (QED) is 0.875. The van der Waals surface area contributed by atoms with Crippen LogP contribution in [0.3, 0.4) is 0 Å². The van der Waals surface area contributed by atoms with Crippen molar-refractivity contribution in [2.75, 3.05) is 25.0 Å². The minimum absolute atomic E-state index is 0.233. The summed E-state index contributed by atoms with van der Waals surface area (Å²) < 4.78 is 5.65. The van der Waals surface area contributed by atoms with Crippen molar-refractivity contribution in [1.29, 1.82) is 0 Å². The average Bonchev–Trinajstić information content (AvgIpc) is 3.27. The van der Waals surface area contributed by atoms with Gasteiger partial charge in [-0.15, -0.1) is 0 Å². The zero-order chi connectivity index (χ0) is 16.4. The van der Waals surface area contributed by atoms with Gasteiger partial charge in [-0.2, -0.15) is 0 Å². The number of hydrogen-bond donors (Lipinski definition) is 2. The maximum absolute atomic E-state index is 12.2. The fraction of sp³-hybridized carbons (Fsp3) is 0.529. The number of nitrogens with zero attached hydrogens (tertiary/aromatic N) is 1. The first-order chi connectivity index (χ1) is 11.0. The van der Waals surface area contributed by atoms with Crippen LogP contribution in [0.25, 0.3) is 0 Å². The van der Waals surface area contributed by atoms with Gasteiger partial charge in [0, 0.05) is 18.8 Å². The van der Waals surface area contributed by atoms with Gasteiger partial charge in [-0.3, -0.25) is 4.79 Å². The number of aliphatic carboxylic acids is 1. The van der Waals surface area contributed by atoms with Gasteiger partial charge in [-0.25, -0.2) is 4.79 Å². The minimum atomic E-state index is -0.857. The van der Waals surface area contributed by atoms with Crippen LogP contribution in [0.5, 0.6) is 5.75 Å². The van der Waals surface area contributed by atoms with E-state index in [1.165, 1.54) is 12.8 Å². The van der Waals surface area contributed by atoms with Gasteiger partial charge < -0.3 is 20.1 Å². The van der Waals surface area contributed by atoms with Crippen LogP contribution in [-0.4, -0.2) is 41.7 Å². The Kier molecular flexibility index (Phi) is 4.15. The van der Waals surface area contributed by atoms with E-state index in [2.05, 4.69) is 5.32 Å². The van der Waals surface area contributed by atoms with Gasteiger partial charge in [0.2, 0.25) is 0 Å². The van der Waals surface area contributed by atoms with Crippen LogP contribution in [0.4, 0.5) is 10.5 Å². The number of anilines is 1. The van der Waals surface area contributed by atoms with Gasteiger partial charge in [-0.05, 0) is 56.4 Å². The summed E-state index contributed by atoms with van der Waals surface area (Å²) in [6.07, 6.45) is 2.97. The van der Waals surface area contributed by atoms with Crippen LogP contribution in [-0.2, 0) is 4.79 Å². The van der Waals surface area contributed by atoms with E-state index < -0.39 is 11.4 Å². The Bertz CT molecular complexity index is 597. The molecule has 0 spiro atoms. The van der Waals surface area contributed by atoms with Gasteiger partial charge in [0.25, 0.3) is 0 Å². The molecule has 0 radical (unpaired) electrons. The summed E-state index contributed by atoms with van der Waals surface area (Å²) in [7, 11) is 0. The zero-order valence-corrected chi connectivity index (χ0v) is 13.2. The van der Waals surface area contributed by atoms with E-state index in [1.54, 1.807) is 24.0 Å². The normalized spacial score (nSPS) is 23.6. The molecule has 1 atom stereocenters. The highest BCUT2D eigenvalue weighted by Crippen LogP contribution is 2.31. The van der Waals surface area contributed by atoms with Crippen molar-refractivity contribution >= 4 is 17.7 Å². The Morgan fingerprint density at radius 3 is 2.61 bits per heavy atom. The summed E-state index contributed by atoms with van der Waals surface area (Å²) in [6, 6.07) is 7.01. The lowest BCUT2D eigenvalue weighted by atomic mass is 9.90. The number of carbonyl (C=O) groups excluding carboxylic acids is 1. The van der Waals surface area contributed by atoms with E-state index in [1.807, 2.05) is 12.1 Å². The molecule has 1 heterocycles. The molecular weight excluding hydrogens is 296 g/mol. The predicted octanol–water partition coefficient (Wildman–Crippen LogP) is 2.80. The highest BCUT2D eigenvalue weighted by Gasteiger charge is 2.42. The fourth-order valence-corrected chi connectivity index (χ4v) is 2.64. The molecule has 0 aromatic heterocycles. The topological polar surface area (TPSA) is 78.9 Å². The first-order valence-corrected chi connectivity index (χ1v) is 7.98. The molecule has 1 aromatic carbocycles. The SMILES string of the molecule is CC1(C(=O)O)CCN(C(=O)Nc2ccc(OCC3CC3)cc2)C1. The van der Waals surface area contributed by atoms with E-state index in [-0.39, 0.29) is 12.6 Å². The van der Waals surface area contributed by atoms with Gasteiger partial charge in [0.15, 0.2) is 0 Å². The predicted molar refractivity (Wildman–Crippen MR) is 85.6 cm³/mol. The maximum atomic E-state index is 12.2. The highest BCUT2D eigenvalue weighted by atomic mass is 16.5. The van der Waals surface area contributed by atoms with Gasteiger partial charge in [0.1, 0.15) is 5.75 Å². The smallest absolute Gasteiger partial charge is 0.321 e. The zero-order valence-electron chi connectivity index (χ0n) is 13.2. The molecule has 6 nitrogen and oxygen atoms in total. The van der Waals surface area contributed by atoms with Crippen LogP contribution in [0.2, 0.25) is 0 Å². The molecule has 124 valence electrons. The fourth-order valence-electron chi connectivity index (χ4n) is 2.64. The molecule has 0 bridgehead atoms. The molecule has 1 aliphatic carbocycles. The first kappa shape index (κ1) is 15.6. The monoisotopic (exact) mass is 318 g/mol. The van der Waals surface area contributed by atoms with Crippen molar-refractivity contribution in [2.45, 2.75) is 26.2 Å². The molecule has 2 fully saturated rings. The number of benzene rings is 1. The molecule has 1 saturated carbocycles. The lowest BCUT2D eigenvalue weighted by Gasteiger charge is -2.20. The number of rotatable bonds is 5. The third kappa shape index (κ3) is 3.75. The Labute approximate surface area is 135 Å². The van der Waals surface area contributed by atoms with E-state index in [9.17, 15) is 14.7 Å². The highest BCUT2D eigenvalue weighted by molar-refractivity contribution is 5.90. The lowest BCUT2D eigenvalue weighted by molar-refractivity contribution is -0.146. The van der Waals surface area contributed by atoms with Crippen molar-refractivity contribution < 1.29 is 19.4 Å². The Morgan fingerprint density at radius 1 is 1.35 bits per heavy atom. The summed E-state index contributed by atoms with van der Waals surface area (Å²) in [6.45, 7) is 3.12. The Balaban J connectivity index is 1.52.